The van der Waals surface area contributed by atoms with E-state index in [0.29, 0.717) is 29.2 Å². The zero-order valence-electron chi connectivity index (χ0n) is 11.0. The fourth-order valence-electron chi connectivity index (χ4n) is 2.39. The van der Waals surface area contributed by atoms with Crippen molar-refractivity contribution >= 4 is 17.5 Å². The standard InChI is InChI=1S/C14H19N3O2/c1-9-11(14(15)19)3-2-4-12(9)17-13(18)7-10-5-6-16-8-10/h2-4,10,16H,5-8H2,1H3,(H2,15,19)(H,17,18). The van der Waals surface area contributed by atoms with Crippen molar-refractivity contribution in [2.45, 2.75) is 19.8 Å². The summed E-state index contributed by atoms with van der Waals surface area (Å²) in [5, 5.41) is 6.09. The Morgan fingerprint density at radius 3 is 2.89 bits per heavy atom. The van der Waals surface area contributed by atoms with E-state index in [9.17, 15) is 9.59 Å². The van der Waals surface area contributed by atoms with Gasteiger partial charge in [-0.25, -0.2) is 0 Å². The zero-order valence-corrected chi connectivity index (χ0v) is 11.0. The zero-order chi connectivity index (χ0) is 13.8. The molecule has 1 aliphatic heterocycles. The first-order valence-electron chi connectivity index (χ1n) is 6.48. The quantitative estimate of drug-likeness (QED) is 0.757. The smallest absolute Gasteiger partial charge is 0.249 e. The van der Waals surface area contributed by atoms with Crippen molar-refractivity contribution in [2.24, 2.45) is 11.7 Å². The molecule has 1 heterocycles. The molecule has 1 aromatic carbocycles. The molecular weight excluding hydrogens is 242 g/mol. The molecule has 102 valence electrons. The second-order valence-electron chi connectivity index (χ2n) is 4.95. The van der Waals surface area contributed by atoms with E-state index in [1.807, 2.05) is 0 Å². The average molecular weight is 261 g/mol. The first-order chi connectivity index (χ1) is 9.08. The van der Waals surface area contributed by atoms with Gasteiger partial charge in [-0.3, -0.25) is 9.59 Å². The van der Waals surface area contributed by atoms with Crippen molar-refractivity contribution in [2.75, 3.05) is 18.4 Å². The second-order valence-corrected chi connectivity index (χ2v) is 4.95. The van der Waals surface area contributed by atoms with Gasteiger partial charge in [0.2, 0.25) is 11.8 Å². The lowest BCUT2D eigenvalue weighted by Crippen LogP contribution is -2.20. The molecule has 1 fully saturated rings. The highest BCUT2D eigenvalue weighted by Crippen LogP contribution is 2.20. The minimum atomic E-state index is -0.478. The molecule has 5 nitrogen and oxygen atoms in total. The normalized spacial score (nSPS) is 18.3. The number of benzene rings is 1. The number of nitrogens with two attached hydrogens (primary N) is 1. The summed E-state index contributed by atoms with van der Waals surface area (Å²) >= 11 is 0. The summed E-state index contributed by atoms with van der Waals surface area (Å²) in [5.74, 6) is -0.0911. The molecule has 19 heavy (non-hydrogen) atoms. The lowest BCUT2D eigenvalue weighted by molar-refractivity contribution is -0.117. The Morgan fingerprint density at radius 1 is 1.47 bits per heavy atom. The first kappa shape index (κ1) is 13.5. The molecule has 0 bridgehead atoms. The van der Waals surface area contributed by atoms with Crippen LogP contribution in [0.3, 0.4) is 0 Å². The van der Waals surface area contributed by atoms with Crippen LogP contribution in [-0.4, -0.2) is 24.9 Å². The molecule has 1 saturated heterocycles. The molecule has 0 saturated carbocycles. The van der Waals surface area contributed by atoms with Gasteiger partial charge in [0, 0.05) is 17.7 Å². The SMILES string of the molecule is Cc1c(NC(=O)CC2CCNC2)cccc1C(N)=O. The molecule has 4 N–H and O–H groups in total. The number of carbonyl (C=O) groups is 2. The highest BCUT2D eigenvalue weighted by Gasteiger charge is 2.18. The van der Waals surface area contributed by atoms with Crippen LogP contribution in [0.5, 0.6) is 0 Å². The lowest BCUT2D eigenvalue weighted by atomic mass is 10.0. The number of rotatable bonds is 4. The predicted molar refractivity (Wildman–Crippen MR) is 73.9 cm³/mol. The third-order valence-electron chi connectivity index (χ3n) is 3.51. The molecule has 0 radical (unpaired) electrons. The maximum atomic E-state index is 11.9. The summed E-state index contributed by atoms with van der Waals surface area (Å²) in [7, 11) is 0. The maximum absolute atomic E-state index is 11.9. The fourth-order valence-corrected chi connectivity index (χ4v) is 2.39. The van der Waals surface area contributed by atoms with Crippen LogP contribution in [0.15, 0.2) is 18.2 Å². The summed E-state index contributed by atoms with van der Waals surface area (Å²) in [4.78, 5) is 23.2. The maximum Gasteiger partial charge on any atom is 0.249 e. The highest BCUT2D eigenvalue weighted by atomic mass is 16.2. The van der Waals surface area contributed by atoms with Gasteiger partial charge in [0.1, 0.15) is 0 Å². The number of hydrogen-bond donors (Lipinski definition) is 3. The van der Waals surface area contributed by atoms with E-state index in [1.54, 1.807) is 25.1 Å². The molecule has 0 aromatic heterocycles. The Hall–Kier alpha value is -1.88. The van der Waals surface area contributed by atoms with Crippen molar-refractivity contribution < 1.29 is 9.59 Å². The topological polar surface area (TPSA) is 84.2 Å². The molecule has 1 atom stereocenters. The molecule has 1 unspecified atom stereocenters. The van der Waals surface area contributed by atoms with Crippen LogP contribution in [0, 0.1) is 12.8 Å². The summed E-state index contributed by atoms with van der Waals surface area (Å²) in [6.07, 6.45) is 1.54. The van der Waals surface area contributed by atoms with Gasteiger partial charge in [0.15, 0.2) is 0 Å². The van der Waals surface area contributed by atoms with Gasteiger partial charge >= 0.3 is 0 Å². The van der Waals surface area contributed by atoms with Gasteiger partial charge in [0.25, 0.3) is 0 Å². The molecule has 0 aliphatic carbocycles. The molecule has 2 rings (SSSR count). The van der Waals surface area contributed by atoms with Gasteiger partial charge in [-0.2, -0.15) is 0 Å². The van der Waals surface area contributed by atoms with E-state index in [1.165, 1.54) is 0 Å². The minimum absolute atomic E-state index is 0.0154. The largest absolute Gasteiger partial charge is 0.366 e. The van der Waals surface area contributed by atoms with Crippen LogP contribution >= 0.6 is 0 Å². The van der Waals surface area contributed by atoms with E-state index < -0.39 is 5.91 Å². The van der Waals surface area contributed by atoms with Crippen LogP contribution in [0.2, 0.25) is 0 Å². The van der Waals surface area contributed by atoms with Crippen LogP contribution < -0.4 is 16.4 Å². The van der Waals surface area contributed by atoms with Gasteiger partial charge < -0.3 is 16.4 Å². The van der Waals surface area contributed by atoms with Gasteiger partial charge in [-0.15, -0.1) is 0 Å². The van der Waals surface area contributed by atoms with Crippen molar-refractivity contribution in [1.82, 2.24) is 5.32 Å². The van der Waals surface area contributed by atoms with E-state index in [4.69, 9.17) is 5.73 Å². The van der Waals surface area contributed by atoms with E-state index in [-0.39, 0.29) is 5.91 Å². The van der Waals surface area contributed by atoms with E-state index in [0.717, 1.165) is 19.5 Å². The number of hydrogen-bond acceptors (Lipinski definition) is 3. The van der Waals surface area contributed by atoms with E-state index in [2.05, 4.69) is 10.6 Å². The number of primary amides is 1. The second kappa shape index (κ2) is 5.84. The van der Waals surface area contributed by atoms with Gasteiger partial charge in [-0.1, -0.05) is 6.07 Å². The third-order valence-corrected chi connectivity index (χ3v) is 3.51. The predicted octanol–water partition coefficient (Wildman–Crippen LogP) is 1.03. The number of nitrogens with one attached hydrogen (secondary N) is 2. The molecule has 1 aliphatic rings. The van der Waals surface area contributed by atoms with Crippen molar-refractivity contribution in [1.29, 1.82) is 0 Å². The molecule has 5 heteroatoms. The first-order valence-corrected chi connectivity index (χ1v) is 6.48. The monoisotopic (exact) mass is 261 g/mol. The summed E-state index contributed by atoms with van der Waals surface area (Å²) in [5.41, 5.74) is 7.11. The van der Waals surface area contributed by atoms with Crippen LogP contribution in [-0.2, 0) is 4.79 Å². The summed E-state index contributed by atoms with van der Waals surface area (Å²) in [6.45, 7) is 3.66. The fraction of sp³-hybridized carbons (Fsp3) is 0.429. The Balaban J connectivity index is 2.04. The van der Waals surface area contributed by atoms with Crippen molar-refractivity contribution in [3.05, 3.63) is 29.3 Å². The number of carbonyl (C=O) groups excluding carboxylic acids is 2. The average Bonchev–Trinajstić information content (AvgIpc) is 2.84. The minimum Gasteiger partial charge on any atom is -0.366 e. The van der Waals surface area contributed by atoms with Crippen LogP contribution in [0.4, 0.5) is 5.69 Å². The van der Waals surface area contributed by atoms with Crippen molar-refractivity contribution in [3.63, 3.8) is 0 Å². The highest BCUT2D eigenvalue weighted by molar-refractivity contribution is 5.98. The summed E-state index contributed by atoms with van der Waals surface area (Å²) in [6, 6.07) is 5.17. The summed E-state index contributed by atoms with van der Waals surface area (Å²) < 4.78 is 0. The lowest BCUT2D eigenvalue weighted by Gasteiger charge is -2.12. The molecule has 1 aromatic rings. The Kier molecular flexibility index (Phi) is 4.16. The number of amides is 2. The van der Waals surface area contributed by atoms with Crippen molar-refractivity contribution in [3.8, 4) is 0 Å². The molecular formula is C14H19N3O2. The molecule has 2 amide bonds. The molecule has 0 spiro atoms. The van der Waals surface area contributed by atoms with Gasteiger partial charge in [0.05, 0.1) is 0 Å². The number of anilines is 1. The Morgan fingerprint density at radius 2 is 2.26 bits per heavy atom. The third kappa shape index (κ3) is 3.32. The van der Waals surface area contributed by atoms with Crippen LogP contribution in [0.25, 0.3) is 0 Å². The van der Waals surface area contributed by atoms with Crippen LogP contribution in [0.1, 0.15) is 28.8 Å². The Bertz CT molecular complexity index is 493. The Labute approximate surface area is 112 Å². The van der Waals surface area contributed by atoms with Gasteiger partial charge in [-0.05, 0) is 50.0 Å². The van der Waals surface area contributed by atoms with E-state index >= 15 is 0 Å².